The molecular formula is C11H18O4. The maximum Gasteiger partial charge on any atom is 0.320 e. The molecule has 0 aliphatic heterocycles. The molecular weight excluding hydrogens is 196 g/mol. The molecule has 0 aromatic carbocycles. The Balaban J connectivity index is 4.19. The number of carbonyl (C=O) groups excluding carboxylic acids is 2. The zero-order valence-corrected chi connectivity index (χ0v) is 9.70. The second-order valence-corrected chi connectivity index (χ2v) is 4.17. The fourth-order valence-electron chi connectivity index (χ4n) is 0.752. The van der Waals surface area contributed by atoms with Crippen LogP contribution in [-0.2, 0) is 19.1 Å². The summed E-state index contributed by atoms with van der Waals surface area (Å²) in [5, 5.41) is 0. The van der Waals surface area contributed by atoms with Crippen LogP contribution in [0.1, 0.15) is 27.7 Å². The van der Waals surface area contributed by atoms with Crippen LogP contribution in [-0.4, -0.2) is 24.1 Å². The van der Waals surface area contributed by atoms with Gasteiger partial charge in [0.25, 0.3) is 0 Å². The van der Waals surface area contributed by atoms with Crippen molar-refractivity contribution in [3.05, 3.63) is 12.7 Å². The Labute approximate surface area is 90.2 Å². The molecule has 0 heterocycles. The lowest BCUT2D eigenvalue weighted by Gasteiger charge is -2.21. The summed E-state index contributed by atoms with van der Waals surface area (Å²) in [4.78, 5) is 22.7. The van der Waals surface area contributed by atoms with E-state index in [4.69, 9.17) is 9.47 Å². The van der Waals surface area contributed by atoms with Crippen molar-refractivity contribution in [1.82, 2.24) is 0 Å². The third-order valence-electron chi connectivity index (χ3n) is 1.46. The molecule has 1 unspecified atom stereocenters. The van der Waals surface area contributed by atoms with Gasteiger partial charge in [0.15, 0.2) is 5.92 Å². The lowest BCUT2D eigenvalue weighted by molar-refractivity contribution is -0.167. The Hall–Kier alpha value is -1.32. The Morgan fingerprint density at radius 3 is 2.27 bits per heavy atom. The maximum absolute atomic E-state index is 11.4. The molecule has 0 aromatic rings. The number of hydrogen-bond donors (Lipinski definition) is 0. The maximum atomic E-state index is 11.4. The molecule has 86 valence electrons. The van der Waals surface area contributed by atoms with E-state index in [9.17, 15) is 9.59 Å². The van der Waals surface area contributed by atoms with Crippen molar-refractivity contribution < 1.29 is 19.1 Å². The van der Waals surface area contributed by atoms with Gasteiger partial charge in [-0.2, -0.15) is 0 Å². The topological polar surface area (TPSA) is 52.6 Å². The summed E-state index contributed by atoms with van der Waals surface area (Å²) in [7, 11) is 0. The van der Waals surface area contributed by atoms with E-state index in [1.165, 1.54) is 13.0 Å². The monoisotopic (exact) mass is 214 g/mol. The Bertz CT molecular complexity index is 250. The first-order valence-electron chi connectivity index (χ1n) is 4.78. The van der Waals surface area contributed by atoms with Gasteiger partial charge < -0.3 is 9.47 Å². The molecule has 4 nitrogen and oxygen atoms in total. The van der Waals surface area contributed by atoms with Crippen molar-refractivity contribution in [3.8, 4) is 0 Å². The SMILES string of the molecule is C=CCOC(=O)C(C)C(=O)OC(C)(C)C. The molecule has 0 spiro atoms. The molecule has 0 aliphatic carbocycles. The van der Waals surface area contributed by atoms with Gasteiger partial charge in [-0.25, -0.2) is 0 Å². The molecule has 0 rings (SSSR count). The Morgan fingerprint density at radius 2 is 1.87 bits per heavy atom. The largest absolute Gasteiger partial charge is 0.461 e. The van der Waals surface area contributed by atoms with Crippen LogP contribution in [0.4, 0.5) is 0 Å². The van der Waals surface area contributed by atoms with Gasteiger partial charge in [-0.3, -0.25) is 9.59 Å². The van der Waals surface area contributed by atoms with Crippen LogP contribution < -0.4 is 0 Å². The lowest BCUT2D eigenvalue weighted by atomic mass is 10.1. The number of hydrogen-bond acceptors (Lipinski definition) is 4. The number of esters is 2. The van der Waals surface area contributed by atoms with Gasteiger partial charge in [0.1, 0.15) is 12.2 Å². The number of rotatable bonds is 4. The summed E-state index contributed by atoms with van der Waals surface area (Å²) in [6.07, 6.45) is 1.44. The van der Waals surface area contributed by atoms with E-state index in [0.29, 0.717) is 0 Å². The van der Waals surface area contributed by atoms with Crippen molar-refractivity contribution >= 4 is 11.9 Å². The number of carbonyl (C=O) groups is 2. The van der Waals surface area contributed by atoms with Crippen molar-refractivity contribution in [2.45, 2.75) is 33.3 Å². The van der Waals surface area contributed by atoms with Gasteiger partial charge >= 0.3 is 11.9 Å². The standard InChI is InChI=1S/C11H18O4/c1-6-7-14-9(12)8(2)10(13)15-11(3,4)5/h6,8H,1,7H2,2-5H3. The fraction of sp³-hybridized carbons (Fsp3) is 0.636. The van der Waals surface area contributed by atoms with Crippen molar-refractivity contribution in [2.75, 3.05) is 6.61 Å². The second kappa shape index (κ2) is 5.53. The van der Waals surface area contributed by atoms with E-state index in [2.05, 4.69) is 6.58 Å². The summed E-state index contributed by atoms with van der Waals surface area (Å²) in [5.41, 5.74) is -0.593. The predicted molar refractivity (Wildman–Crippen MR) is 56.2 cm³/mol. The first-order chi connectivity index (χ1) is 6.78. The van der Waals surface area contributed by atoms with Gasteiger partial charge in [-0.15, -0.1) is 0 Å². The van der Waals surface area contributed by atoms with Crippen LogP contribution in [0.5, 0.6) is 0 Å². The molecule has 4 heteroatoms. The van der Waals surface area contributed by atoms with Crippen LogP contribution in [0.3, 0.4) is 0 Å². The predicted octanol–water partition coefficient (Wildman–Crippen LogP) is 1.69. The van der Waals surface area contributed by atoms with Crippen molar-refractivity contribution in [1.29, 1.82) is 0 Å². The van der Waals surface area contributed by atoms with Crippen LogP contribution in [0.2, 0.25) is 0 Å². The highest BCUT2D eigenvalue weighted by Gasteiger charge is 2.28. The molecule has 1 atom stereocenters. The lowest BCUT2D eigenvalue weighted by Crippen LogP contribution is -2.32. The zero-order valence-electron chi connectivity index (χ0n) is 9.70. The third kappa shape index (κ3) is 5.88. The van der Waals surface area contributed by atoms with E-state index in [-0.39, 0.29) is 6.61 Å². The van der Waals surface area contributed by atoms with Crippen molar-refractivity contribution in [2.24, 2.45) is 5.92 Å². The first-order valence-corrected chi connectivity index (χ1v) is 4.78. The van der Waals surface area contributed by atoms with Crippen LogP contribution >= 0.6 is 0 Å². The molecule has 0 saturated heterocycles. The van der Waals surface area contributed by atoms with Gasteiger partial charge in [-0.1, -0.05) is 12.7 Å². The quantitative estimate of drug-likeness (QED) is 0.406. The van der Waals surface area contributed by atoms with Gasteiger partial charge in [-0.05, 0) is 27.7 Å². The molecule has 0 radical (unpaired) electrons. The average molecular weight is 214 g/mol. The average Bonchev–Trinajstić information content (AvgIpc) is 2.10. The minimum atomic E-state index is -0.899. The molecule has 15 heavy (non-hydrogen) atoms. The van der Waals surface area contributed by atoms with E-state index in [1.807, 2.05) is 0 Å². The summed E-state index contributed by atoms with van der Waals surface area (Å²) in [6.45, 7) is 10.2. The Morgan fingerprint density at radius 1 is 1.33 bits per heavy atom. The zero-order chi connectivity index (χ0) is 12.1. The van der Waals surface area contributed by atoms with Gasteiger partial charge in [0.2, 0.25) is 0 Å². The summed E-state index contributed by atoms with van der Waals surface area (Å²) >= 11 is 0. The van der Waals surface area contributed by atoms with Gasteiger partial charge in [0, 0.05) is 0 Å². The minimum Gasteiger partial charge on any atom is -0.461 e. The highest BCUT2D eigenvalue weighted by atomic mass is 16.6. The van der Waals surface area contributed by atoms with Crippen molar-refractivity contribution in [3.63, 3.8) is 0 Å². The van der Waals surface area contributed by atoms with Crippen LogP contribution in [0.15, 0.2) is 12.7 Å². The molecule has 0 saturated carbocycles. The van der Waals surface area contributed by atoms with Gasteiger partial charge in [0.05, 0.1) is 0 Å². The second-order valence-electron chi connectivity index (χ2n) is 4.17. The highest BCUT2D eigenvalue weighted by Crippen LogP contribution is 2.12. The highest BCUT2D eigenvalue weighted by molar-refractivity contribution is 5.94. The third-order valence-corrected chi connectivity index (χ3v) is 1.46. The summed E-state index contributed by atoms with van der Waals surface area (Å²) < 4.78 is 9.77. The van der Waals surface area contributed by atoms with E-state index >= 15 is 0 Å². The normalized spacial score (nSPS) is 12.8. The number of ether oxygens (including phenoxy) is 2. The summed E-state index contributed by atoms with van der Waals surface area (Å²) in [6, 6.07) is 0. The van der Waals surface area contributed by atoms with E-state index < -0.39 is 23.5 Å². The van der Waals surface area contributed by atoms with E-state index in [1.54, 1.807) is 20.8 Å². The smallest absolute Gasteiger partial charge is 0.320 e. The minimum absolute atomic E-state index is 0.103. The molecule has 0 fully saturated rings. The van der Waals surface area contributed by atoms with Crippen LogP contribution in [0, 0.1) is 5.92 Å². The molecule has 0 amide bonds. The summed E-state index contributed by atoms with van der Waals surface area (Å²) in [5.74, 6) is -2.06. The Kier molecular flexibility index (Phi) is 5.05. The fourth-order valence-corrected chi connectivity index (χ4v) is 0.752. The molecule has 0 N–H and O–H groups in total. The molecule has 0 aliphatic rings. The van der Waals surface area contributed by atoms with E-state index in [0.717, 1.165) is 0 Å². The first kappa shape index (κ1) is 13.7. The molecule has 0 bridgehead atoms. The molecule has 0 aromatic heterocycles. The van der Waals surface area contributed by atoms with Crippen LogP contribution in [0.25, 0.3) is 0 Å².